The van der Waals surface area contributed by atoms with Crippen molar-refractivity contribution in [2.24, 2.45) is 0 Å². The second-order valence-corrected chi connectivity index (χ2v) is 7.11. The topological polar surface area (TPSA) is 77.5 Å². The first-order chi connectivity index (χ1) is 15.1. The number of hydrogen-bond donors (Lipinski definition) is 1. The normalized spacial score (nSPS) is 14.2. The Morgan fingerprint density at radius 3 is 2.45 bits per heavy atom. The van der Waals surface area contributed by atoms with Crippen LogP contribution < -0.4 is 9.47 Å². The van der Waals surface area contributed by atoms with Crippen LogP contribution in [0.1, 0.15) is 28.4 Å². The number of phenols is 1. The van der Waals surface area contributed by atoms with Crippen LogP contribution in [-0.4, -0.2) is 62.9 Å². The van der Waals surface area contributed by atoms with Crippen LogP contribution >= 0.6 is 0 Å². The van der Waals surface area contributed by atoms with Gasteiger partial charge in [0.15, 0.2) is 5.76 Å². The Hall–Kier alpha value is -2.87. The number of fused-ring (bicyclic) bond motifs is 1. The van der Waals surface area contributed by atoms with Gasteiger partial charge in [-0.25, -0.2) is 0 Å². The van der Waals surface area contributed by atoms with Crippen LogP contribution in [0.4, 0.5) is 0 Å². The highest BCUT2D eigenvalue weighted by Gasteiger charge is 2.32. The van der Waals surface area contributed by atoms with E-state index in [1.807, 2.05) is 31.2 Å². The molecule has 1 heterocycles. The quantitative estimate of drug-likeness (QED) is 0.550. The van der Waals surface area contributed by atoms with Crippen molar-refractivity contribution in [3.63, 3.8) is 0 Å². The summed E-state index contributed by atoms with van der Waals surface area (Å²) in [7, 11) is 3.29. The number of Topliss-reactive ketones (excluding diaryl/α,β-unsaturated/α-hetero) is 1. The van der Waals surface area contributed by atoms with Crippen LogP contribution in [0, 0.1) is 0 Å². The number of aromatic hydroxyl groups is 1. The predicted octanol–water partition coefficient (Wildman–Crippen LogP) is 3.50. The molecule has 0 fully saturated rings. The zero-order chi connectivity index (χ0) is 22.2. The van der Waals surface area contributed by atoms with E-state index < -0.39 is 0 Å². The second-order valence-electron chi connectivity index (χ2n) is 7.11. The average Bonchev–Trinajstić information content (AvgIpc) is 3.08. The van der Waals surface area contributed by atoms with Gasteiger partial charge < -0.3 is 24.1 Å². The number of carbonyl (C=O) groups is 1. The molecule has 2 aromatic carbocycles. The van der Waals surface area contributed by atoms with Crippen molar-refractivity contribution in [1.29, 1.82) is 0 Å². The van der Waals surface area contributed by atoms with E-state index in [-0.39, 0.29) is 17.3 Å². The number of allylic oxidation sites excluding steroid dienone is 1. The number of ketones is 1. The summed E-state index contributed by atoms with van der Waals surface area (Å²) in [5.74, 6) is 1.14. The summed E-state index contributed by atoms with van der Waals surface area (Å²) in [6.45, 7) is 5.22. The highest BCUT2D eigenvalue weighted by Crippen LogP contribution is 2.40. The van der Waals surface area contributed by atoms with Crippen molar-refractivity contribution in [3.05, 3.63) is 58.8 Å². The Kier molecular flexibility index (Phi) is 8.06. The van der Waals surface area contributed by atoms with Crippen LogP contribution in [0.2, 0.25) is 0 Å². The summed E-state index contributed by atoms with van der Waals surface area (Å²) in [5.41, 5.74) is 1.76. The molecule has 0 atom stereocenters. The molecule has 0 spiro atoms. The lowest BCUT2D eigenvalue weighted by atomic mass is 10.0. The molecule has 0 radical (unpaired) electrons. The summed E-state index contributed by atoms with van der Waals surface area (Å²) in [5, 5.41) is 10.5. The molecule has 1 aliphatic rings. The van der Waals surface area contributed by atoms with E-state index in [1.165, 1.54) is 6.07 Å². The molecular weight excluding hydrogens is 398 g/mol. The van der Waals surface area contributed by atoms with Gasteiger partial charge >= 0.3 is 0 Å². The Bertz CT molecular complexity index is 932. The number of rotatable bonds is 11. The van der Waals surface area contributed by atoms with Gasteiger partial charge in [-0.15, -0.1) is 0 Å². The number of carbonyl (C=O) groups excluding carboxylic acids is 1. The molecule has 3 rings (SSSR count). The number of benzene rings is 2. The first-order valence-corrected chi connectivity index (χ1v) is 10.3. The van der Waals surface area contributed by atoms with E-state index in [0.29, 0.717) is 62.1 Å². The minimum absolute atomic E-state index is 0.0855. The van der Waals surface area contributed by atoms with Crippen molar-refractivity contribution in [2.45, 2.75) is 13.5 Å². The maximum atomic E-state index is 13.0. The fraction of sp³-hybridized carbons (Fsp3) is 0.375. The Labute approximate surface area is 182 Å². The fourth-order valence-electron chi connectivity index (χ4n) is 3.41. The monoisotopic (exact) mass is 427 g/mol. The molecular formula is C24H29NO6. The molecule has 0 aromatic heterocycles. The van der Waals surface area contributed by atoms with Crippen molar-refractivity contribution < 1.29 is 28.8 Å². The number of hydrogen-bond acceptors (Lipinski definition) is 7. The average molecular weight is 427 g/mol. The van der Waals surface area contributed by atoms with Gasteiger partial charge in [0, 0.05) is 39.4 Å². The van der Waals surface area contributed by atoms with Gasteiger partial charge in [0.05, 0.1) is 30.9 Å². The van der Waals surface area contributed by atoms with Gasteiger partial charge in [-0.1, -0.05) is 18.2 Å². The molecule has 2 aromatic rings. The van der Waals surface area contributed by atoms with Crippen LogP contribution in [0.3, 0.4) is 0 Å². The number of nitrogens with zero attached hydrogens (tertiary/aromatic N) is 1. The summed E-state index contributed by atoms with van der Waals surface area (Å²) in [4.78, 5) is 15.1. The second kappa shape index (κ2) is 10.9. The molecule has 0 saturated carbocycles. The highest BCUT2D eigenvalue weighted by atomic mass is 16.5. The Balaban J connectivity index is 1.90. The van der Waals surface area contributed by atoms with Gasteiger partial charge in [-0.2, -0.15) is 0 Å². The number of ether oxygens (including phenoxy) is 4. The lowest BCUT2D eigenvalue weighted by molar-refractivity contribution is 0.101. The maximum absolute atomic E-state index is 13.0. The highest BCUT2D eigenvalue weighted by molar-refractivity contribution is 6.15. The van der Waals surface area contributed by atoms with E-state index in [0.717, 1.165) is 5.56 Å². The van der Waals surface area contributed by atoms with E-state index in [9.17, 15) is 9.90 Å². The largest absolute Gasteiger partial charge is 0.507 e. The summed E-state index contributed by atoms with van der Waals surface area (Å²) >= 11 is 0. The molecule has 1 N–H and O–H groups in total. The standard InChI is InChI=1S/C24H29NO6/c1-4-30-21-8-6-5-7-17(21)15-22-23(27)18-9-10-20(26)19(24(18)31-22)16-25(11-13-28-2)12-14-29-3/h5-10,15,26H,4,11-14,16H2,1-3H3. The van der Waals surface area contributed by atoms with Crippen LogP contribution in [0.5, 0.6) is 17.2 Å². The van der Waals surface area contributed by atoms with Gasteiger partial charge in [-0.05, 0) is 31.2 Å². The third-order valence-electron chi connectivity index (χ3n) is 5.03. The van der Waals surface area contributed by atoms with Gasteiger partial charge in [0.2, 0.25) is 5.78 Å². The van der Waals surface area contributed by atoms with Crippen LogP contribution in [0.15, 0.2) is 42.2 Å². The molecule has 0 unspecified atom stereocenters. The smallest absolute Gasteiger partial charge is 0.231 e. The zero-order valence-electron chi connectivity index (χ0n) is 18.2. The third-order valence-corrected chi connectivity index (χ3v) is 5.03. The first-order valence-electron chi connectivity index (χ1n) is 10.3. The van der Waals surface area contributed by atoms with E-state index in [2.05, 4.69) is 4.90 Å². The van der Waals surface area contributed by atoms with Crippen molar-refractivity contribution in [2.75, 3.05) is 47.1 Å². The molecule has 0 bridgehead atoms. The van der Waals surface area contributed by atoms with Crippen LogP contribution in [0.25, 0.3) is 6.08 Å². The summed E-state index contributed by atoms with van der Waals surface area (Å²) < 4.78 is 22.0. The lowest BCUT2D eigenvalue weighted by Gasteiger charge is -2.23. The van der Waals surface area contributed by atoms with E-state index in [4.69, 9.17) is 18.9 Å². The fourth-order valence-corrected chi connectivity index (χ4v) is 3.41. The number of para-hydroxylation sites is 1. The third kappa shape index (κ3) is 5.44. The number of phenolic OH excluding ortho intramolecular Hbond substituents is 1. The molecule has 31 heavy (non-hydrogen) atoms. The minimum Gasteiger partial charge on any atom is -0.507 e. The van der Waals surface area contributed by atoms with Crippen molar-refractivity contribution in [1.82, 2.24) is 4.90 Å². The zero-order valence-corrected chi connectivity index (χ0v) is 18.2. The molecule has 166 valence electrons. The first kappa shape index (κ1) is 22.8. The van der Waals surface area contributed by atoms with Gasteiger partial charge in [0.25, 0.3) is 0 Å². The maximum Gasteiger partial charge on any atom is 0.231 e. The van der Waals surface area contributed by atoms with Crippen molar-refractivity contribution >= 4 is 11.9 Å². The van der Waals surface area contributed by atoms with E-state index in [1.54, 1.807) is 26.4 Å². The Morgan fingerprint density at radius 1 is 1.06 bits per heavy atom. The number of methoxy groups -OCH3 is 2. The minimum atomic E-state index is -0.220. The van der Waals surface area contributed by atoms with Gasteiger partial charge in [-0.3, -0.25) is 9.69 Å². The summed E-state index contributed by atoms with van der Waals surface area (Å²) in [6, 6.07) is 10.6. The lowest BCUT2D eigenvalue weighted by Crippen LogP contribution is -2.30. The van der Waals surface area contributed by atoms with Crippen molar-refractivity contribution in [3.8, 4) is 17.2 Å². The SMILES string of the molecule is CCOc1ccccc1C=C1Oc2c(ccc(O)c2CN(CCOC)CCOC)C1=O. The molecule has 0 amide bonds. The van der Waals surface area contributed by atoms with E-state index >= 15 is 0 Å². The van der Waals surface area contributed by atoms with Gasteiger partial charge in [0.1, 0.15) is 17.2 Å². The molecule has 7 nitrogen and oxygen atoms in total. The Morgan fingerprint density at radius 2 is 1.77 bits per heavy atom. The molecule has 0 aliphatic carbocycles. The van der Waals surface area contributed by atoms with Crippen LogP contribution in [-0.2, 0) is 16.0 Å². The summed E-state index contributed by atoms with van der Waals surface area (Å²) in [6.07, 6.45) is 1.68. The molecule has 1 aliphatic heterocycles. The molecule has 7 heteroatoms. The molecule has 0 saturated heterocycles. The predicted molar refractivity (Wildman–Crippen MR) is 118 cm³/mol.